The van der Waals surface area contributed by atoms with Gasteiger partial charge >= 0.3 is 0 Å². The van der Waals surface area contributed by atoms with Crippen LogP contribution in [0.1, 0.15) is 17.7 Å². The van der Waals surface area contributed by atoms with Crippen molar-refractivity contribution in [2.75, 3.05) is 26.8 Å². The molecule has 0 bridgehead atoms. The third-order valence-electron chi connectivity index (χ3n) is 5.06. The number of aryl methyl sites for hydroxylation is 1. The van der Waals surface area contributed by atoms with E-state index in [4.69, 9.17) is 9.47 Å². The van der Waals surface area contributed by atoms with Crippen molar-refractivity contribution in [3.8, 4) is 23.2 Å². The number of amides is 1. The number of carbonyl (C=O) groups is 1. The van der Waals surface area contributed by atoms with Crippen LogP contribution in [0, 0.1) is 18.3 Å². The maximum absolute atomic E-state index is 11.9. The molecular formula is C21H21N5O3. The topological polar surface area (TPSA) is 104 Å². The van der Waals surface area contributed by atoms with Gasteiger partial charge in [0.2, 0.25) is 11.8 Å². The van der Waals surface area contributed by atoms with Crippen LogP contribution >= 0.6 is 0 Å². The Bertz CT molecular complexity index is 1100. The Balaban J connectivity index is 1.52. The summed E-state index contributed by atoms with van der Waals surface area (Å²) in [6, 6.07) is 7.77. The van der Waals surface area contributed by atoms with Gasteiger partial charge in [-0.1, -0.05) is 12.1 Å². The van der Waals surface area contributed by atoms with Crippen molar-refractivity contribution in [3.05, 3.63) is 41.9 Å². The molecule has 1 unspecified atom stereocenters. The van der Waals surface area contributed by atoms with E-state index in [2.05, 4.69) is 21.0 Å². The predicted molar refractivity (Wildman–Crippen MR) is 106 cm³/mol. The van der Waals surface area contributed by atoms with Crippen molar-refractivity contribution in [3.63, 3.8) is 0 Å². The molecule has 1 aliphatic heterocycles. The number of carbonyl (C=O) groups excluding carboxylic acids is 1. The first-order valence-electron chi connectivity index (χ1n) is 9.38. The van der Waals surface area contributed by atoms with E-state index < -0.39 is 0 Å². The minimum Gasteiger partial charge on any atom is -0.471 e. The summed E-state index contributed by atoms with van der Waals surface area (Å²) in [5.74, 6) is 0.435. The first-order chi connectivity index (χ1) is 14.1. The van der Waals surface area contributed by atoms with Crippen molar-refractivity contribution < 1.29 is 14.3 Å². The van der Waals surface area contributed by atoms with E-state index in [0.29, 0.717) is 35.9 Å². The van der Waals surface area contributed by atoms with Crippen LogP contribution in [0.25, 0.3) is 22.2 Å². The molecule has 1 fully saturated rings. The molecule has 3 aromatic rings. The number of hydrogen-bond acceptors (Lipinski definition) is 6. The monoisotopic (exact) mass is 391 g/mol. The Morgan fingerprint density at radius 2 is 2.31 bits per heavy atom. The standard InChI is InChI=1S/C21H21N5O3/c1-13-21(29-15-6-7-26(11-15)19(27)12-28-2)24-10-18(25-13)17-9-23-20-14(8-22)4-3-5-16(17)20/h3-5,9-10,15,23H,6-7,11-12H2,1-2H3. The van der Waals surface area contributed by atoms with Gasteiger partial charge < -0.3 is 19.4 Å². The van der Waals surface area contributed by atoms with Gasteiger partial charge in [-0.25, -0.2) is 9.97 Å². The van der Waals surface area contributed by atoms with Crippen LogP contribution in [0.5, 0.6) is 5.88 Å². The van der Waals surface area contributed by atoms with Gasteiger partial charge in [0, 0.05) is 37.2 Å². The zero-order chi connectivity index (χ0) is 20.4. The number of para-hydroxylation sites is 1. The summed E-state index contributed by atoms with van der Waals surface area (Å²) in [5, 5.41) is 10.2. The average Bonchev–Trinajstić information content (AvgIpc) is 3.37. The molecule has 29 heavy (non-hydrogen) atoms. The molecule has 0 spiro atoms. The number of aromatic nitrogens is 3. The van der Waals surface area contributed by atoms with Crippen LogP contribution in [0.2, 0.25) is 0 Å². The fraction of sp³-hybridized carbons (Fsp3) is 0.333. The molecule has 2 aromatic heterocycles. The highest BCUT2D eigenvalue weighted by Gasteiger charge is 2.28. The Hall–Kier alpha value is -3.44. The van der Waals surface area contributed by atoms with E-state index in [9.17, 15) is 10.1 Å². The SMILES string of the molecule is COCC(=O)N1CCC(Oc2ncc(-c3c[nH]c4c(C#N)cccc34)nc2C)C1. The molecule has 148 valence electrons. The van der Waals surface area contributed by atoms with Gasteiger partial charge in [0.05, 0.1) is 29.5 Å². The third kappa shape index (κ3) is 3.65. The quantitative estimate of drug-likeness (QED) is 0.716. The second kappa shape index (κ2) is 7.89. The molecule has 0 aliphatic carbocycles. The Kier molecular flexibility index (Phi) is 5.14. The van der Waals surface area contributed by atoms with Crippen molar-refractivity contribution >= 4 is 16.8 Å². The lowest BCUT2D eigenvalue weighted by Crippen LogP contribution is -2.33. The number of methoxy groups -OCH3 is 1. The number of likely N-dealkylation sites (tertiary alicyclic amines) is 1. The minimum absolute atomic E-state index is 0.0344. The van der Waals surface area contributed by atoms with Gasteiger partial charge in [-0.15, -0.1) is 0 Å². The molecule has 1 amide bonds. The third-order valence-corrected chi connectivity index (χ3v) is 5.06. The van der Waals surface area contributed by atoms with E-state index in [1.165, 1.54) is 7.11 Å². The molecule has 1 aromatic carbocycles. The zero-order valence-electron chi connectivity index (χ0n) is 16.3. The van der Waals surface area contributed by atoms with Crippen molar-refractivity contribution in [1.29, 1.82) is 5.26 Å². The van der Waals surface area contributed by atoms with E-state index in [-0.39, 0.29) is 18.6 Å². The summed E-state index contributed by atoms with van der Waals surface area (Å²) in [4.78, 5) is 25.9. The summed E-state index contributed by atoms with van der Waals surface area (Å²) >= 11 is 0. The number of nitriles is 1. The van der Waals surface area contributed by atoms with E-state index in [1.807, 2.05) is 25.3 Å². The lowest BCUT2D eigenvalue weighted by molar-refractivity contribution is -0.134. The van der Waals surface area contributed by atoms with E-state index >= 15 is 0 Å². The Morgan fingerprint density at radius 1 is 1.45 bits per heavy atom. The largest absolute Gasteiger partial charge is 0.471 e. The number of benzene rings is 1. The molecular weight excluding hydrogens is 370 g/mol. The normalized spacial score (nSPS) is 16.2. The van der Waals surface area contributed by atoms with Gasteiger partial charge in [-0.3, -0.25) is 4.79 Å². The Morgan fingerprint density at radius 3 is 3.07 bits per heavy atom. The lowest BCUT2D eigenvalue weighted by atomic mass is 10.1. The molecule has 8 heteroatoms. The molecule has 1 saturated heterocycles. The highest BCUT2D eigenvalue weighted by molar-refractivity contribution is 5.97. The van der Waals surface area contributed by atoms with Crippen LogP contribution in [0.3, 0.4) is 0 Å². The second-order valence-corrected chi connectivity index (χ2v) is 6.99. The number of nitrogens with zero attached hydrogens (tertiary/aromatic N) is 4. The smallest absolute Gasteiger partial charge is 0.248 e. The molecule has 8 nitrogen and oxygen atoms in total. The summed E-state index contributed by atoms with van der Waals surface area (Å²) in [7, 11) is 1.51. The maximum Gasteiger partial charge on any atom is 0.248 e. The summed E-state index contributed by atoms with van der Waals surface area (Å²) in [6.07, 6.45) is 4.15. The highest BCUT2D eigenvalue weighted by Crippen LogP contribution is 2.30. The summed E-state index contributed by atoms with van der Waals surface area (Å²) in [6.45, 7) is 3.10. The molecule has 1 N–H and O–H groups in total. The van der Waals surface area contributed by atoms with Crippen LogP contribution in [0.15, 0.2) is 30.6 Å². The number of nitrogens with one attached hydrogen (secondary N) is 1. The Labute approximate surface area is 168 Å². The molecule has 1 aliphatic rings. The molecule has 0 saturated carbocycles. The first kappa shape index (κ1) is 18.9. The fourth-order valence-electron chi connectivity index (χ4n) is 3.60. The molecule has 4 rings (SSSR count). The number of ether oxygens (including phenoxy) is 2. The van der Waals surface area contributed by atoms with Gasteiger partial charge in [0.1, 0.15) is 24.5 Å². The number of aromatic amines is 1. The van der Waals surface area contributed by atoms with Crippen LogP contribution in [0.4, 0.5) is 0 Å². The molecule has 0 radical (unpaired) electrons. The van der Waals surface area contributed by atoms with Crippen LogP contribution in [-0.4, -0.2) is 58.7 Å². The lowest BCUT2D eigenvalue weighted by Gasteiger charge is -2.17. The number of H-pyrrole nitrogens is 1. The highest BCUT2D eigenvalue weighted by atomic mass is 16.5. The van der Waals surface area contributed by atoms with Crippen molar-refractivity contribution in [2.45, 2.75) is 19.4 Å². The van der Waals surface area contributed by atoms with Gasteiger partial charge in [0.15, 0.2) is 0 Å². The zero-order valence-corrected chi connectivity index (χ0v) is 16.3. The molecule has 1 atom stereocenters. The number of rotatable bonds is 5. The van der Waals surface area contributed by atoms with Gasteiger partial charge in [-0.05, 0) is 13.0 Å². The average molecular weight is 391 g/mol. The number of fused-ring (bicyclic) bond motifs is 1. The van der Waals surface area contributed by atoms with Crippen molar-refractivity contribution in [1.82, 2.24) is 19.9 Å². The van der Waals surface area contributed by atoms with Gasteiger partial charge in [0.25, 0.3) is 0 Å². The molecule has 3 heterocycles. The fourth-order valence-corrected chi connectivity index (χ4v) is 3.60. The number of hydrogen-bond donors (Lipinski definition) is 1. The summed E-state index contributed by atoms with van der Waals surface area (Å²) in [5.41, 5.74) is 3.65. The predicted octanol–water partition coefficient (Wildman–Crippen LogP) is 2.43. The van der Waals surface area contributed by atoms with Crippen molar-refractivity contribution in [2.24, 2.45) is 0 Å². The second-order valence-electron chi connectivity index (χ2n) is 6.99. The van der Waals surface area contributed by atoms with Crippen LogP contribution < -0.4 is 4.74 Å². The van der Waals surface area contributed by atoms with E-state index in [0.717, 1.165) is 22.9 Å². The summed E-state index contributed by atoms with van der Waals surface area (Å²) < 4.78 is 10.9. The van der Waals surface area contributed by atoms with Crippen LogP contribution in [-0.2, 0) is 9.53 Å². The van der Waals surface area contributed by atoms with Gasteiger partial charge in [-0.2, -0.15) is 5.26 Å². The minimum atomic E-state index is -0.110. The van der Waals surface area contributed by atoms with E-state index in [1.54, 1.807) is 17.2 Å². The maximum atomic E-state index is 11.9. The first-order valence-corrected chi connectivity index (χ1v) is 9.38.